The fraction of sp³-hybridized carbons (Fsp3) is 0.269. The molecule has 0 fully saturated rings. The van der Waals surface area contributed by atoms with Crippen LogP contribution < -0.4 is 14.8 Å². The van der Waals surface area contributed by atoms with Crippen molar-refractivity contribution in [3.05, 3.63) is 88.5 Å². The molecule has 0 aliphatic carbocycles. The number of hydrogen-bond donors (Lipinski definition) is 1. The zero-order chi connectivity index (χ0) is 26.8. The van der Waals surface area contributed by atoms with Crippen LogP contribution in [0.25, 0.3) is 0 Å². The van der Waals surface area contributed by atoms with Gasteiger partial charge in [0, 0.05) is 18.2 Å². The van der Waals surface area contributed by atoms with Crippen LogP contribution in [0.1, 0.15) is 50.9 Å². The quantitative estimate of drug-likeness (QED) is 0.368. The Bertz CT molecular complexity index is 1340. The minimum Gasteiger partial charge on any atom is -0.491 e. The zero-order valence-corrected chi connectivity index (χ0v) is 19.8. The molecule has 2 aromatic carbocycles. The molecule has 11 heteroatoms. The molecular weight excluding hydrogens is 496 g/mol. The van der Waals surface area contributed by atoms with E-state index in [0.29, 0.717) is 23.3 Å². The van der Waals surface area contributed by atoms with Crippen LogP contribution in [-0.4, -0.2) is 36.9 Å². The highest BCUT2D eigenvalue weighted by atomic mass is 19.4. The third kappa shape index (κ3) is 5.20. The SMILES string of the molecule is CCc1cc(C(=O)NC2(c3ccc(OC(F)(F)F)c(F)c3)CCOc3cccnc32)ccc1C(=O)OC. The molecule has 1 aliphatic rings. The summed E-state index contributed by atoms with van der Waals surface area (Å²) in [5.41, 5.74) is 0.0934. The molecule has 1 atom stereocenters. The van der Waals surface area contributed by atoms with Gasteiger partial charge in [0.15, 0.2) is 11.6 Å². The van der Waals surface area contributed by atoms with E-state index in [9.17, 15) is 27.2 Å². The minimum atomic E-state index is -5.07. The van der Waals surface area contributed by atoms with Crippen molar-refractivity contribution >= 4 is 11.9 Å². The van der Waals surface area contributed by atoms with E-state index >= 15 is 0 Å². The lowest BCUT2D eigenvalue weighted by molar-refractivity contribution is -0.275. The lowest BCUT2D eigenvalue weighted by Crippen LogP contribution is -2.50. The van der Waals surface area contributed by atoms with Gasteiger partial charge in [-0.25, -0.2) is 9.18 Å². The molecule has 0 bridgehead atoms. The number of hydrogen-bond acceptors (Lipinski definition) is 6. The van der Waals surface area contributed by atoms with Crippen LogP contribution in [0.2, 0.25) is 0 Å². The average molecular weight is 518 g/mol. The number of aryl methyl sites for hydroxylation is 1. The van der Waals surface area contributed by atoms with Gasteiger partial charge >= 0.3 is 12.3 Å². The van der Waals surface area contributed by atoms with Crippen LogP contribution in [0.15, 0.2) is 54.7 Å². The molecule has 0 spiro atoms. The Hall–Kier alpha value is -4.15. The number of rotatable bonds is 6. The van der Waals surface area contributed by atoms with Gasteiger partial charge in [-0.2, -0.15) is 0 Å². The number of fused-ring (bicyclic) bond motifs is 1. The highest BCUT2D eigenvalue weighted by molar-refractivity contribution is 5.98. The summed E-state index contributed by atoms with van der Waals surface area (Å²) in [7, 11) is 1.26. The number of benzene rings is 2. The van der Waals surface area contributed by atoms with Crippen molar-refractivity contribution in [1.82, 2.24) is 10.3 Å². The lowest BCUT2D eigenvalue weighted by atomic mass is 9.81. The molecule has 1 N–H and O–H groups in total. The molecular formula is C26H22F4N2O5. The van der Waals surface area contributed by atoms with Crippen molar-refractivity contribution in [3.8, 4) is 11.5 Å². The summed E-state index contributed by atoms with van der Waals surface area (Å²) in [5, 5.41) is 2.90. The molecule has 0 radical (unpaired) electrons. The van der Waals surface area contributed by atoms with Gasteiger partial charge in [-0.05, 0) is 60.0 Å². The number of carbonyl (C=O) groups is 2. The van der Waals surface area contributed by atoms with Crippen LogP contribution in [0.3, 0.4) is 0 Å². The van der Waals surface area contributed by atoms with Gasteiger partial charge in [-0.1, -0.05) is 13.0 Å². The van der Waals surface area contributed by atoms with Crippen LogP contribution in [-0.2, 0) is 16.7 Å². The van der Waals surface area contributed by atoms with Crippen molar-refractivity contribution in [1.29, 1.82) is 0 Å². The number of nitrogens with zero attached hydrogens (tertiary/aromatic N) is 1. The number of aromatic nitrogens is 1. The van der Waals surface area contributed by atoms with Gasteiger partial charge < -0.3 is 19.5 Å². The van der Waals surface area contributed by atoms with E-state index in [4.69, 9.17) is 9.47 Å². The van der Waals surface area contributed by atoms with E-state index in [2.05, 4.69) is 15.0 Å². The largest absolute Gasteiger partial charge is 0.573 e. The number of halogens is 4. The maximum Gasteiger partial charge on any atom is 0.573 e. The first-order valence-electron chi connectivity index (χ1n) is 11.3. The summed E-state index contributed by atoms with van der Waals surface area (Å²) in [6.45, 7) is 1.93. The van der Waals surface area contributed by atoms with Crippen molar-refractivity contribution in [2.75, 3.05) is 13.7 Å². The molecule has 0 saturated carbocycles. The van der Waals surface area contributed by atoms with Gasteiger partial charge in [0.2, 0.25) is 0 Å². The van der Waals surface area contributed by atoms with Crippen LogP contribution >= 0.6 is 0 Å². The van der Waals surface area contributed by atoms with Crippen LogP contribution in [0, 0.1) is 5.82 Å². The number of alkyl halides is 3. The number of nitrogens with one attached hydrogen (secondary N) is 1. The summed E-state index contributed by atoms with van der Waals surface area (Å²) in [5.74, 6) is -3.04. The zero-order valence-electron chi connectivity index (χ0n) is 19.8. The van der Waals surface area contributed by atoms with Crippen molar-refractivity contribution < 1.29 is 41.4 Å². The van der Waals surface area contributed by atoms with E-state index < -0.39 is 35.3 Å². The molecule has 37 heavy (non-hydrogen) atoms. The van der Waals surface area contributed by atoms with Gasteiger partial charge in [0.25, 0.3) is 5.91 Å². The fourth-order valence-electron chi connectivity index (χ4n) is 4.31. The molecule has 1 aliphatic heterocycles. The molecule has 3 aromatic rings. The van der Waals surface area contributed by atoms with Gasteiger partial charge in [0.05, 0.1) is 19.3 Å². The normalized spacial score (nSPS) is 16.8. The number of esters is 1. The number of pyridine rings is 1. The number of ether oxygens (including phenoxy) is 3. The second kappa shape index (κ2) is 10.1. The number of carbonyl (C=O) groups excluding carboxylic acids is 2. The first kappa shape index (κ1) is 25.9. The Morgan fingerprint density at radius 2 is 1.95 bits per heavy atom. The lowest BCUT2D eigenvalue weighted by Gasteiger charge is -2.39. The highest BCUT2D eigenvalue weighted by Gasteiger charge is 2.43. The molecule has 0 saturated heterocycles. The summed E-state index contributed by atoms with van der Waals surface area (Å²) in [6, 6.07) is 10.7. The Balaban J connectivity index is 1.79. The Kier molecular flexibility index (Phi) is 7.06. The molecule has 7 nitrogen and oxygen atoms in total. The average Bonchev–Trinajstić information content (AvgIpc) is 2.88. The molecule has 1 aromatic heterocycles. The maximum atomic E-state index is 14.8. The molecule has 4 rings (SSSR count). The van der Waals surface area contributed by atoms with Gasteiger partial charge in [-0.15, -0.1) is 13.2 Å². The Labute approximate surface area is 209 Å². The minimum absolute atomic E-state index is 0.114. The van der Waals surface area contributed by atoms with Crippen molar-refractivity contribution in [2.24, 2.45) is 0 Å². The van der Waals surface area contributed by atoms with E-state index in [1.807, 2.05) is 6.92 Å². The summed E-state index contributed by atoms with van der Waals surface area (Å²) < 4.78 is 67.0. The number of amides is 1. The monoisotopic (exact) mass is 518 g/mol. The number of methoxy groups -OCH3 is 1. The fourth-order valence-corrected chi connectivity index (χ4v) is 4.31. The Morgan fingerprint density at radius 1 is 1.16 bits per heavy atom. The first-order valence-corrected chi connectivity index (χ1v) is 11.3. The summed E-state index contributed by atoms with van der Waals surface area (Å²) >= 11 is 0. The summed E-state index contributed by atoms with van der Waals surface area (Å²) in [4.78, 5) is 29.9. The smallest absolute Gasteiger partial charge is 0.491 e. The van der Waals surface area contributed by atoms with Crippen LogP contribution in [0.5, 0.6) is 11.5 Å². The van der Waals surface area contributed by atoms with Crippen LogP contribution in [0.4, 0.5) is 17.6 Å². The first-order chi connectivity index (χ1) is 17.6. The standard InChI is InChI=1S/C26H22F4N2O5/c1-3-15-13-16(6-8-18(15)24(34)35-2)23(33)32-25(10-12-36-21-5-4-11-31-22(21)25)17-7-9-20(19(27)14-17)37-26(28,29)30/h4-9,11,13-14H,3,10,12H2,1-2H3,(H,32,33). The van der Waals surface area contributed by atoms with Gasteiger partial charge in [-0.3, -0.25) is 9.78 Å². The highest BCUT2D eigenvalue weighted by Crippen LogP contribution is 2.42. The summed E-state index contributed by atoms with van der Waals surface area (Å²) in [6.07, 6.45) is -3.05. The molecule has 1 unspecified atom stereocenters. The topological polar surface area (TPSA) is 86.8 Å². The third-order valence-electron chi connectivity index (χ3n) is 6.04. The predicted molar refractivity (Wildman–Crippen MR) is 123 cm³/mol. The molecule has 194 valence electrons. The second-order valence-electron chi connectivity index (χ2n) is 8.22. The second-order valence-corrected chi connectivity index (χ2v) is 8.22. The van der Waals surface area contributed by atoms with Gasteiger partial charge in [0.1, 0.15) is 17.0 Å². The van der Waals surface area contributed by atoms with Crippen molar-refractivity contribution in [2.45, 2.75) is 31.7 Å². The molecule has 1 amide bonds. The van der Waals surface area contributed by atoms with E-state index in [-0.39, 0.29) is 29.8 Å². The third-order valence-corrected chi connectivity index (χ3v) is 6.04. The molecule has 2 heterocycles. The van der Waals surface area contributed by atoms with E-state index in [1.165, 1.54) is 31.5 Å². The van der Waals surface area contributed by atoms with E-state index in [0.717, 1.165) is 12.1 Å². The predicted octanol–water partition coefficient (Wildman–Crippen LogP) is 4.92. The van der Waals surface area contributed by atoms with E-state index in [1.54, 1.807) is 18.2 Å². The maximum absolute atomic E-state index is 14.8. The Morgan fingerprint density at radius 3 is 2.62 bits per heavy atom. The van der Waals surface area contributed by atoms with Crippen molar-refractivity contribution in [3.63, 3.8) is 0 Å².